The molecule has 2 nitrogen and oxygen atoms in total. The van der Waals surface area contributed by atoms with Gasteiger partial charge in [-0.15, -0.1) is 0 Å². The summed E-state index contributed by atoms with van der Waals surface area (Å²) in [6.07, 6.45) is 3.98. The molecule has 2 unspecified atom stereocenters. The van der Waals surface area contributed by atoms with Crippen molar-refractivity contribution in [3.05, 3.63) is 0 Å². The standard InChI is InChI=1S/C14H22O2/c1-13(2)7-5-6-9-8-14(3,4)12(16)10(9)11(13)15/h9-10H,5-8H2,1-4H3. The van der Waals surface area contributed by atoms with Crippen molar-refractivity contribution < 1.29 is 9.59 Å². The summed E-state index contributed by atoms with van der Waals surface area (Å²) >= 11 is 0. The van der Waals surface area contributed by atoms with Crippen molar-refractivity contribution >= 4 is 11.6 Å². The molecular weight excluding hydrogens is 200 g/mol. The van der Waals surface area contributed by atoms with E-state index in [0.717, 1.165) is 25.7 Å². The van der Waals surface area contributed by atoms with Gasteiger partial charge in [0.1, 0.15) is 11.6 Å². The zero-order valence-corrected chi connectivity index (χ0v) is 10.8. The fraction of sp³-hybridized carbons (Fsp3) is 0.857. The number of carbonyl (C=O) groups excluding carboxylic acids is 2. The predicted octanol–water partition coefficient (Wildman–Crippen LogP) is 3.00. The highest BCUT2D eigenvalue weighted by atomic mass is 16.2. The molecule has 2 aliphatic rings. The van der Waals surface area contributed by atoms with Gasteiger partial charge in [0.2, 0.25) is 0 Å². The van der Waals surface area contributed by atoms with E-state index >= 15 is 0 Å². The molecule has 2 heteroatoms. The Kier molecular flexibility index (Phi) is 2.52. The maximum absolute atomic E-state index is 12.4. The lowest BCUT2D eigenvalue weighted by Gasteiger charge is -2.24. The molecule has 90 valence electrons. The first kappa shape index (κ1) is 11.8. The maximum Gasteiger partial charge on any atom is 0.149 e. The molecule has 2 rings (SSSR count). The van der Waals surface area contributed by atoms with E-state index in [4.69, 9.17) is 0 Å². The molecule has 16 heavy (non-hydrogen) atoms. The van der Waals surface area contributed by atoms with Crippen LogP contribution < -0.4 is 0 Å². The molecule has 2 aliphatic carbocycles. The normalized spacial score (nSPS) is 37.0. The molecule has 0 radical (unpaired) electrons. The van der Waals surface area contributed by atoms with Gasteiger partial charge >= 0.3 is 0 Å². The molecule has 0 heterocycles. The van der Waals surface area contributed by atoms with Crippen LogP contribution in [0, 0.1) is 22.7 Å². The number of hydrogen-bond acceptors (Lipinski definition) is 2. The van der Waals surface area contributed by atoms with E-state index in [-0.39, 0.29) is 28.3 Å². The third-order valence-corrected chi connectivity index (χ3v) is 4.52. The fourth-order valence-electron chi connectivity index (χ4n) is 3.46. The highest BCUT2D eigenvalue weighted by Crippen LogP contribution is 2.49. The van der Waals surface area contributed by atoms with Crippen LogP contribution in [0.4, 0.5) is 0 Å². The summed E-state index contributed by atoms with van der Waals surface area (Å²) in [5, 5.41) is 0. The van der Waals surface area contributed by atoms with E-state index in [1.165, 1.54) is 0 Å². The molecule has 0 aliphatic heterocycles. The Morgan fingerprint density at radius 1 is 1.00 bits per heavy atom. The van der Waals surface area contributed by atoms with Crippen molar-refractivity contribution in [3.8, 4) is 0 Å². The van der Waals surface area contributed by atoms with Crippen molar-refractivity contribution in [1.82, 2.24) is 0 Å². The van der Waals surface area contributed by atoms with E-state index in [2.05, 4.69) is 0 Å². The molecule has 0 bridgehead atoms. The molecule has 0 aromatic rings. The van der Waals surface area contributed by atoms with Crippen LogP contribution in [-0.4, -0.2) is 11.6 Å². The Morgan fingerprint density at radius 2 is 1.56 bits per heavy atom. The van der Waals surface area contributed by atoms with E-state index in [1.54, 1.807) is 0 Å². The number of fused-ring (bicyclic) bond motifs is 1. The van der Waals surface area contributed by atoms with Crippen LogP contribution in [0.5, 0.6) is 0 Å². The van der Waals surface area contributed by atoms with Gasteiger partial charge < -0.3 is 0 Å². The molecule has 0 saturated heterocycles. The Bertz CT molecular complexity index is 339. The first-order chi connectivity index (χ1) is 7.26. The van der Waals surface area contributed by atoms with E-state index in [9.17, 15) is 9.59 Å². The molecule has 2 fully saturated rings. The summed E-state index contributed by atoms with van der Waals surface area (Å²) < 4.78 is 0. The summed E-state index contributed by atoms with van der Waals surface area (Å²) in [4.78, 5) is 24.7. The lowest BCUT2D eigenvalue weighted by molar-refractivity contribution is -0.139. The van der Waals surface area contributed by atoms with Gasteiger partial charge in [0.25, 0.3) is 0 Å². The topological polar surface area (TPSA) is 34.1 Å². The average molecular weight is 222 g/mol. The molecule has 0 amide bonds. The monoisotopic (exact) mass is 222 g/mol. The minimum absolute atomic E-state index is 0.192. The summed E-state index contributed by atoms with van der Waals surface area (Å²) in [7, 11) is 0. The van der Waals surface area contributed by atoms with Gasteiger partial charge in [0.05, 0.1) is 5.92 Å². The molecule has 0 aromatic heterocycles. The van der Waals surface area contributed by atoms with Crippen LogP contribution in [-0.2, 0) is 9.59 Å². The van der Waals surface area contributed by atoms with Gasteiger partial charge in [-0.2, -0.15) is 0 Å². The number of rotatable bonds is 0. The van der Waals surface area contributed by atoms with Crippen LogP contribution in [0.3, 0.4) is 0 Å². The molecule has 0 spiro atoms. The SMILES string of the molecule is CC1(C)CCCC2CC(C)(C)C(=O)C2C1=O. The second-order valence-corrected chi connectivity index (χ2v) is 6.83. The van der Waals surface area contributed by atoms with E-state index in [1.807, 2.05) is 27.7 Å². The maximum atomic E-state index is 12.4. The van der Waals surface area contributed by atoms with Gasteiger partial charge in [0.15, 0.2) is 0 Å². The van der Waals surface area contributed by atoms with Gasteiger partial charge in [-0.05, 0) is 25.2 Å². The quantitative estimate of drug-likeness (QED) is 0.590. The van der Waals surface area contributed by atoms with E-state index < -0.39 is 0 Å². The average Bonchev–Trinajstić information content (AvgIpc) is 2.29. The number of ketones is 2. The van der Waals surface area contributed by atoms with E-state index in [0.29, 0.717) is 5.92 Å². The number of carbonyl (C=O) groups is 2. The van der Waals surface area contributed by atoms with Crippen molar-refractivity contribution in [1.29, 1.82) is 0 Å². The van der Waals surface area contributed by atoms with Crippen molar-refractivity contribution in [3.63, 3.8) is 0 Å². The Labute approximate surface area is 97.8 Å². The Balaban J connectivity index is 2.36. The molecular formula is C14H22O2. The first-order valence-corrected chi connectivity index (χ1v) is 6.34. The smallest absolute Gasteiger partial charge is 0.149 e. The highest BCUT2D eigenvalue weighted by Gasteiger charge is 2.53. The minimum Gasteiger partial charge on any atom is -0.298 e. The molecule has 2 saturated carbocycles. The van der Waals surface area contributed by atoms with Crippen molar-refractivity contribution in [2.24, 2.45) is 22.7 Å². The number of hydrogen-bond donors (Lipinski definition) is 0. The summed E-state index contributed by atoms with van der Waals surface area (Å²) in [6.45, 7) is 7.97. The van der Waals surface area contributed by atoms with Crippen molar-refractivity contribution in [2.75, 3.05) is 0 Å². The summed E-state index contributed by atoms with van der Waals surface area (Å²) in [6, 6.07) is 0. The number of Topliss-reactive ketones (excluding diaryl/α,β-unsaturated/α-hetero) is 2. The second-order valence-electron chi connectivity index (χ2n) is 6.83. The molecule has 2 atom stereocenters. The van der Waals surface area contributed by atoms with Gasteiger partial charge in [0, 0.05) is 10.8 Å². The van der Waals surface area contributed by atoms with Gasteiger partial charge in [-0.25, -0.2) is 0 Å². The summed E-state index contributed by atoms with van der Waals surface area (Å²) in [5.41, 5.74) is -0.575. The first-order valence-electron chi connectivity index (χ1n) is 6.34. The Morgan fingerprint density at radius 3 is 2.19 bits per heavy atom. The van der Waals surface area contributed by atoms with Crippen LogP contribution >= 0.6 is 0 Å². The van der Waals surface area contributed by atoms with Crippen LogP contribution in [0.2, 0.25) is 0 Å². The van der Waals surface area contributed by atoms with Gasteiger partial charge in [-0.3, -0.25) is 9.59 Å². The zero-order valence-electron chi connectivity index (χ0n) is 10.8. The Hall–Kier alpha value is -0.660. The second kappa shape index (κ2) is 3.41. The fourth-order valence-corrected chi connectivity index (χ4v) is 3.46. The largest absolute Gasteiger partial charge is 0.298 e. The zero-order chi connectivity index (χ0) is 12.1. The van der Waals surface area contributed by atoms with Gasteiger partial charge in [-0.1, -0.05) is 34.1 Å². The lowest BCUT2D eigenvalue weighted by atomic mass is 9.77. The molecule has 0 aromatic carbocycles. The highest BCUT2D eigenvalue weighted by molar-refractivity contribution is 6.08. The lowest BCUT2D eigenvalue weighted by Crippen LogP contribution is -2.36. The summed E-state index contributed by atoms with van der Waals surface area (Å²) in [5.74, 6) is 0.410. The van der Waals surface area contributed by atoms with Crippen molar-refractivity contribution in [2.45, 2.75) is 53.4 Å². The minimum atomic E-state index is -0.299. The van der Waals surface area contributed by atoms with Crippen LogP contribution in [0.15, 0.2) is 0 Å². The third-order valence-electron chi connectivity index (χ3n) is 4.52. The molecule has 0 N–H and O–H groups in total. The van der Waals surface area contributed by atoms with Crippen LogP contribution in [0.25, 0.3) is 0 Å². The predicted molar refractivity (Wildman–Crippen MR) is 63.0 cm³/mol. The van der Waals surface area contributed by atoms with Crippen LogP contribution in [0.1, 0.15) is 53.4 Å². The third kappa shape index (κ3) is 1.63.